The predicted octanol–water partition coefficient (Wildman–Crippen LogP) is 2.91. The van der Waals surface area contributed by atoms with Gasteiger partial charge in [0.2, 0.25) is 11.8 Å². The molecule has 1 aromatic carbocycles. The number of methoxy groups -OCH3 is 1. The fraction of sp³-hybridized carbons (Fsp3) is 0.286. The maximum Gasteiger partial charge on any atom is 0.238 e. The molecule has 3 aromatic rings. The molecule has 0 unspecified atom stereocenters. The highest BCUT2D eigenvalue weighted by Gasteiger charge is 2.23. The van der Waals surface area contributed by atoms with Gasteiger partial charge in [0.15, 0.2) is 0 Å². The number of ether oxygens (including phenoxy) is 2. The molecule has 0 saturated heterocycles. The second kappa shape index (κ2) is 7.72. The largest absolute Gasteiger partial charge is 0.497 e. The van der Waals surface area contributed by atoms with Crippen LogP contribution in [0.4, 0.5) is 11.6 Å². The van der Waals surface area contributed by atoms with Gasteiger partial charge >= 0.3 is 0 Å². The fourth-order valence-corrected chi connectivity index (χ4v) is 3.41. The van der Waals surface area contributed by atoms with E-state index >= 15 is 0 Å². The summed E-state index contributed by atoms with van der Waals surface area (Å²) in [6.45, 7) is 4.06. The van der Waals surface area contributed by atoms with E-state index in [2.05, 4.69) is 26.8 Å². The highest BCUT2D eigenvalue weighted by molar-refractivity contribution is 5.61. The molecule has 0 radical (unpaired) electrons. The van der Waals surface area contributed by atoms with Crippen molar-refractivity contribution < 1.29 is 9.47 Å². The van der Waals surface area contributed by atoms with Crippen molar-refractivity contribution in [1.29, 1.82) is 0 Å². The van der Waals surface area contributed by atoms with Gasteiger partial charge in [0.25, 0.3) is 0 Å². The Kier molecular flexibility index (Phi) is 4.97. The lowest BCUT2D eigenvalue weighted by Crippen LogP contribution is -2.32. The van der Waals surface area contributed by atoms with Gasteiger partial charge in [-0.05, 0) is 36.2 Å². The Morgan fingerprint density at radius 1 is 1.14 bits per heavy atom. The molecular weight excluding hydrogens is 354 g/mol. The first-order valence-corrected chi connectivity index (χ1v) is 9.20. The van der Waals surface area contributed by atoms with E-state index in [4.69, 9.17) is 15.2 Å². The van der Waals surface area contributed by atoms with Gasteiger partial charge in [0.1, 0.15) is 18.0 Å². The van der Waals surface area contributed by atoms with Gasteiger partial charge in [-0.2, -0.15) is 0 Å². The molecule has 0 bridgehead atoms. The summed E-state index contributed by atoms with van der Waals surface area (Å²) in [5.74, 6) is 1.79. The van der Waals surface area contributed by atoms with Gasteiger partial charge in [-0.15, -0.1) is 0 Å². The summed E-state index contributed by atoms with van der Waals surface area (Å²) in [5, 5.41) is 0. The maximum absolute atomic E-state index is 6.09. The van der Waals surface area contributed by atoms with Crippen molar-refractivity contribution in [3.8, 4) is 11.6 Å². The smallest absolute Gasteiger partial charge is 0.238 e. The number of aryl methyl sites for hydroxylation is 1. The zero-order chi connectivity index (χ0) is 19.5. The van der Waals surface area contributed by atoms with E-state index in [-0.39, 0.29) is 0 Å². The number of nitrogens with two attached hydrogens (primary N) is 1. The van der Waals surface area contributed by atoms with Crippen molar-refractivity contribution in [2.75, 3.05) is 24.3 Å². The lowest BCUT2D eigenvalue weighted by molar-refractivity contribution is 0.293. The number of nitrogens with zero attached hydrogens (tertiary/aromatic N) is 4. The van der Waals surface area contributed by atoms with Crippen LogP contribution in [-0.4, -0.2) is 28.6 Å². The molecule has 0 spiro atoms. The first-order valence-electron chi connectivity index (χ1n) is 9.20. The molecule has 4 rings (SSSR count). The summed E-state index contributed by atoms with van der Waals surface area (Å²) < 4.78 is 11.3. The third kappa shape index (κ3) is 3.69. The van der Waals surface area contributed by atoms with Crippen LogP contribution >= 0.6 is 0 Å². The predicted molar refractivity (Wildman–Crippen MR) is 107 cm³/mol. The summed E-state index contributed by atoms with van der Waals surface area (Å²) in [4.78, 5) is 15.3. The Labute approximate surface area is 164 Å². The van der Waals surface area contributed by atoms with Crippen LogP contribution in [0.5, 0.6) is 11.6 Å². The SMILES string of the molecule is COc1ccc(COc2nccc(C)c2N2CCc3nc(N)ncc3C2)cc1. The van der Waals surface area contributed by atoms with Crippen molar-refractivity contribution in [3.63, 3.8) is 0 Å². The second-order valence-corrected chi connectivity index (χ2v) is 6.79. The Balaban J connectivity index is 1.55. The van der Waals surface area contributed by atoms with E-state index in [9.17, 15) is 0 Å². The van der Waals surface area contributed by atoms with E-state index in [1.54, 1.807) is 13.3 Å². The molecule has 2 aromatic heterocycles. The number of pyridine rings is 1. The molecule has 2 N–H and O–H groups in total. The Morgan fingerprint density at radius 3 is 2.75 bits per heavy atom. The Hall–Kier alpha value is -3.35. The first-order chi connectivity index (χ1) is 13.6. The molecule has 0 fully saturated rings. The number of aromatic nitrogens is 3. The van der Waals surface area contributed by atoms with Crippen LogP contribution in [0.1, 0.15) is 22.4 Å². The standard InChI is InChI=1S/C21H23N5O2/c1-14-7-9-23-20(28-13-15-3-5-17(27-2)6-4-15)19(14)26-10-8-18-16(12-26)11-24-21(22)25-18/h3-7,9,11H,8,10,12-13H2,1-2H3,(H2,22,24,25). The average Bonchev–Trinajstić information content (AvgIpc) is 2.72. The summed E-state index contributed by atoms with van der Waals surface area (Å²) >= 11 is 0. The summed E-state index contributed by atoms with van der Waals surface area (Å²) in [6.07, 6.45) is 4.41. The van der Waals surface area contributed by atoms with Gasteiger partial charge in [0.05, 0.1) is 12.8 Å². The van der Waals surface area contributed by atoms with Gasteiger partial charge in [-0.1, -0.05) is 12.1 Å². The monoisotopic (exact) mass is 377 g/mol. The topological polar surface area (TPSA) is 86.4 Å². The molecule has 7 heteroatoms. The van der Waals surface area contributed by atoms with E-state index in [1.165, 1.54) is 0 Å². The van der Waals surface area contributed by atoms with Gasteiger partial charge in [-0.25, -0.2) is 15.0 Å². The maximum atomic E-state index is 6.09. The van der Waals surface area contributed by atoms with Crippen LogP contribution in [0.25, 0.3) is 0 Å². The molecular formula is C21H23N5O2. The molecule has 1 aliphatic heterocycles. The van der Waals surface area contributed by atoms with E-state index in [0.717, 1.165) is 46.8 Å². The number of rotatable bonds is 5. The van der Waals surface area contributed by atoms with E-state index < -0.39 is 0 Å². The van der Waals surface area contributed by atoms with Crippen LogP contribution in [0.15, 0.2) is 42.7 Å². The van der Waals surface area contributed by atoms with E-state index in [0.29, 0.717) is 25.0 Å². The van der Waals surface area contributed by atoms with Crippen molar-refractivity contribution in [1.82, 2.24) is 15.0 Å². The number of anilines is 2. The van der Waals surface area contributed by atoms with Crippen LogP contribution < -0.4 is 20.1 Å². The quantitative estimate of drug-likeness (QED) is 0.731. The van der Waals surface area contributed by atoms with E-state index in [1.807, 2.05) is 36.5 Å². The molecule has 0 aliphatic carbocycles. The summed E-state index contributed by atoms with van der Waals surface area (Å²) in [7, 11) is 1.66. The average molecular weight is 377 g/mol. The van der Waals surface area contributed by atoms with Crippen molar-refractivity contribution >= 4 is 11.6 Å². The molecule has 0 saturated carbocycles. The van der Waals surface area contributed by atoms with Gasteiger partial charge < -0.3 is 20.1 Å². The number of fused-ring (bicyclic) bond motifs is 1. The number of hydrogen-bond donors (Lipinski definition) is 1. The third-order valence-corrected chi connectivity index (χ3v) is 4.90. The van der Waals surface area contributed by atoms with Gasteiger partial charge in [-0.3, -0.25) is 0 Å². The van der Waals surface area contributed by atoms with Crippen molar-refractivity contribution in [2.24, 2.45) is 0 Å². The third-order valence-electron chi connectivity index (χ3n) is 4.90. The van der Waals surface area contributed by atoms with Crippen LogP contribution in [0.2, 0.25) is 0 Å². The van der Waals surface area contributed by atoms with Crippen molar-refractivity contribution in [3.05, 3.63) is 65.1 Å². The summed E-state index contributed by atoms with van der Waals surface area (Å²) in [6, 6.07) is 9.85. The van der Waals surface area contributed by atoms with Gasteiger partial charge in [0, 0.05) is 37.5 Å². The fourth-order valence-electron chi connectivity index (χ4n) is 3.41. The van der Waals surface area contributed by atoms with Crippen LogP contribution in [0, 0.1) is 6.92 Å². The molecule has 1 aliphatic rings. The highest BCUT2D eigenvalue weighted by atomic mass is 16.5. The first kappa shape index (κ1) is 18.0. The molecule has 0 amide bonds. The minimum Gasteiger partial charge on any atom is -0.497 e. The minimum absolute atomic E-state index is 0.327. The molecule has 144 valence electrons. The Morgan fingerprint density at radius 2 is 1.96 bits per heavy atom. The number of nitrogen functional groups attached to an aromatic ring is 1. The zero-order valence-electron chi connectivity index (χ0n) is 16.1. The zero-order valence-corrected chi connectivity index (χ0v) is 16.1. The number of hydrogen-bond acceptors (Lipinski definition) is 7. The second-order valence-electron chi connectivity index (χ2n) is 6.79. The highest BCUT2D eigenvalue weighted by Crippen LogP contribution is 2.33. The van der Waals surface area contributed by atoms with Crippen molar-refractivity contribution in [2.45, 2.75) is 26.5 Å². The summed E-state index contributed by atoms with van der Waals surface area (Å²) in [5.41, 5.74) is 11.0. The molecule has 7 nitrogen and oxygen atoms in total. The minimum atomic E-state index is 0.327. The lowest BCUT2D eigenvalue weighted by Gasteiger charge is -2.31. The van der Waals surface area contributed by atoms with Crippen LogP contribution in [0.3, 0.4) is 0 Å². The number of benzene rings is 1. The molecule has 0 atom stereocenters. The van der Waals surface area contributed by atoms with Crippen LogP contribution in [-0.2, 0) is 19.6 Å². The molecule has 3 heterocycles. The normalized spacial score (nSPS) is 13.1. The Bertz CT molecular complexity index is 975. The lowest BCUT2D eigenvalue weighted by atomic mass is 10.1. The molecule has 28 heavy (non-hydrogen) atoms.